The van der Waals surface area contributed by atoms with Crippen LogP contribution in [0.4, 0.5) is 0 Å². The summed E-state index contributed by atoms with van der Waals surface area (Å²) in [6.07, 6.45) is 3.29. The quantitative estimate of drug-likeness (QED) is 0.324. The summed E-state index contributed by atoms with van der Waals surface area (Å²) in [7, 11) is 2.18. The monoisotopic (exact) mass is 409 g/mol. The fourth-order valence-electron chi connectivity index (χ4n) is 2.43. The average Bonchev–Trinajstić information content (AvgIpc) is 3.08. The number of aliphatic hydroxyl groups is 1. The summed E-state index contributed by atoms with van der Waals surface area (Å²) < 4.78 is 30.2. The molecule has 2 N–H and O–H groups in total. The molecule has 1 atom stereocenters. The van der Waals surface area contributed by atoms with E-state index in [1.54, 1.807) is 0 Å². The van der Waals surface area contributed by atoms with Crippen molar-refractivity contribution in [2.75, 3.05) is 73.0 Å². The maximum atomic E-state index is 8.55. The Balaban J connectivity index is 0.00000338. The van der Waals surface area contributed by atoms with Crippen LogP contribution >= 0.6 is 11.7 Å². The highest BCUT2D eigenvalue weighted by atomic mass is 35.5. The molecule has 0 amide bonds. The highest BCUT2D eigenvalue weighted by molar-refractivity contribution is 6.99. The molecular formula is C16H28ClN3O5S. The largest absolute Gasteiger partial charge is 1.00 e. The molecule has 26 heavy (non-hydrogen) atoms. The number of likely N-dealkylation sites (N-methyl/N-ethyl adjacent to an activating group) is 1. The van der Waals surface area contributed by atoms with Crippen LogP contribution in [0.2, 0.25) is 0 Å². The molecule has 0 saturated heterocycles. The molecule has 0 fully saturated rings. The Morgan fingerprint density at radius 3 is 2.35 bits per heavy atom. The number of aromatic nitrogens is 2. The maximum Gasteiger partial charge on any atom is 0.253 e. The van der Waals surface area contributed by atoms with Crippen LogP contribution in [0, 0.1) is 0 Å². The first-order valence-electron chi connectivity index (χ1n) is 8.61. The third-order valence-electron chi connectivity index (χ3n) is 3.66. The first-order valence-corrected chi connectivity index (χ1v) is 9.34. The van der Waals surface area contributed by atoms with E-state index in [1.807, 2.05) is 0 Å². The van der Waals surface area contributed by atoms with E-state index >= 15 is 0 Å². The van der Waals surface area contributed by atoms with Gasteiger partial charge in [-0.3, -0.25) is 0 Å². The van der Waals surface area contributed by atoms with Crippen molar-refractivity contribution in [3.8, 4) is 5.88 Å². The first-order chi connectivity index (χ1) is 12.3. The summed E-state index contributed by atoms with van der Waals surface area (Å²) in [5.41, 5.74) is 2.08. The number of hydrogen-bond acceptors (Lipinski definition) is 8. The highest BCUT2D eigenvalue weighted by Crippen LogP contribution is 2.24. The lowest BCUT2D eigenvalue weighted by Crippen LogP contribution is -3.09. The van der Waals surface area contributed by atoms with E-state index in [9.17, 15) is 0 Å². The van der Waals surface area contributed by atoms with Gasteiger partial charge in [-0.2, -0.15) is 4.37 Å². The summed E-state index contributed by atoms with van der Waals surface area (Å²) in [5.74, 6) is 0.604. The van der Waals surface area contributed by atoms with Crippen molar-refractivity contribution in [1.29, 1.82) is 0 Å². The second-order valence-corrected chi connectivity index (χ2v) is 6.26. The molecule has 1 unspecified atom stereocenters. The van der Waals surface area contributed by atoms with Gasteiger partial charge in [0.1, 0.15) is 18.8 Å². The number of rotatable bonds is 13. The lowest BCUT2D eigenvalue weighted by Gasteiger charge is -2.19. The normalized spacial score (nSPS) is 16.8. The van der Waals surface area contributed by atoms with Gasteiger partial charge in [0, 0.05) is 12.0 Å². The molecule has 0 saturated carbocycles. The summed E-state index contributed by atoms with van der Waals surface area (Å²) >= 11 is 1.18. The van der Waals surface area contributed by atoms with Crippen LogP contribution < -0.4 is 22.0 Å². The molecule has 8 nitrogen and oxygen atoms in total. The van der Waals surface area contributed by atoms with E-state index < -0.39 is 0 Å². The van der Waals surface area contributed by atoms with Crippen molar-refractivity contribution in [3.05, 3.63) is 11.8 Å². The van der Waals surface area contributed by atoms with Gasteiger partial charge in [0.2, 0.25) is 0 Å². The van der Waals surface area contributed by atoms with Gasteiger partial charge in [0.05, 0.1) is 71.6 Å². The number of nitrogens with zero attached hydrogens (tertiary/aromatic N) is 2. The molecule has 0 bridgehead atoms. The van der Waals surface area contributed by atoms with Crippen molar-refractivity contribution < 1.29 is 41.4 Å². The van der Waals surface area contributed by atoms with Crippen LogP contribution in [0.15, 0.2) is 6.08 Å². The number of quaternary nitrogens is 1. The molecule has 1 aliphatic rings. The summed E-state index contributed by atoms with van der Waals surface area (Å²) in [6.45, 7) is 5.40. The Bertz CT molecular complexity index is 518. The van der Waals surface area contributed by atoms with Gasteiger partial charge in [-0.15, -0.1) is 4.37 Å². The van der Waals surface area contributed by atoms with Crippen LogP contribution in [0.25, 0.3) is 5.57 Å². The van der Waals surface area contributed by atoms with Gasteiger partial charge in [-0.1, -0.05) is 6.08 Å². The molecule has 2 heterocycles. The molecule has 1 aromatic rings. The van der Waals surface area contributed by atoms with Crippen LogP contribution in [0.5, 0.6) is 5.88 Å². The predicted molar refractivity (Wildman–Crippen MR) is 94.2 cm³/mol. The van der Waals surface area contributed by atoms with E-state index in [4.69, 9.17) is 24.1 Å². The van der Waals surface area contributed by atoms with E-state index in [2.05, 4.69) is 21.9 Å². The number of ether oxygens (including phenoxy) is 4. The van der Waals surface area contributed by atoms with Crippen LogP contribution in [-0.2, 0) is 14.2 Å². The number of nitrogens with one attached hydrogen (secondary N) is 1. The van der Waals surface area contributed by atoms with Gasteiger partial charge in [-0.05, 0) is 0 Å². The predicted octanol–water partition coefficient (Wildman–Crippen LogP) is -3.74. The minimum Gasteiger partial charge on any atom is -1.00 e. The minimum absolute atomic E-state index is 0. The van der Waals surface area contributed by atoms with Gasteiger partial charge in [-0.25, -0.2) is 0 Å². The van der Waals surface area contributed by atoms with Crippen molar-refractivity contribution in [3.63, 3.8) is 0 Å². The van der Waals surface area contributed by atoms with Gasteiger partial charge in [0.25, 0.3) is 5.88 Å². The summed E-state index contributed by atoms with van der Waals surface area (Å²) in [4.78, 5) is 1.47. The van der Waals surface area contributed by atoms with E-state index in [0.717, 1.165) is 25.2 Å². The molecule has 10 heteroatoms. The molecule has 0 aromatic carbocycles. The number of hydrogen-bond donors (Lipinski definition) is 2. The summed E-state index contributed by atoms with van der Waals surface area (Å²) in [6, 6.07) is 0. The fraction of sp³-hybridized carbons (Fsp3) is 0.750. The maximum absolute atomic E-state index is 8.55. The number of aliphatic hydroxyl groups excluding tert-OH is 1. The third kappa shape index (κ3) is 8.72. The zero-order chi connectivity index (χ0) is 17.7. The van der Waals surface area contributed by atoms with Crippen LogP contribution in [-0.4, -0.2) is 86.8 Å². The van der Waals surface area contributed by atoms with Crippen molar-refractivity contribution in [2.45, 2.75) is 6.42 Å². The second-order valence-electron chi connectivity index (χ2n) is 5.73. The molecule has 0 aliphatic carbocycles. The van der Waals surface area contributed by atoms with Crippen LogP contribution in [0.3, 0.4) is 0 Å². The van der Waals surface area contributed by atoms with E-state index in [0.29, 0.717) is 52.1 Å². The van der Waals surface area contributed by atoms with E-state index in [1.165, 1.54) is 22.2 Å². The molecule has 0 spiro atoms. The highest BCUT2D eigenvalue weighted by Gasteiger charge is 2.20. The smallest absolute Gasteiger partial charge is 0.253 e. The van der Waals surface area contributed by atoms with Gasteiger partial charge >= 0.3 is 0 Å². The first kappa shape index (κ1) is 23.2. The van der Waals surface area contributed by atoms with Crippen molar-refractivity contribution in [1.82, 2.24) is 8.75 Å². The van der Waals surface area contributed by atoms with Crippen molar-refractivity contribution >= 4 is 17.3 Å². The third-order valence-corrected chi connectivity index (χ3v) is 4.17. The molecule has 0 radical (unpaired) electrons. The van der Waals surface area contributed by atoms with Crippen LogP contribution in [0.1, 0.15) is 12.1 Å². The zero-order valence-electron chi connectivity index (χ0n) is 15.1. The zero-order valence-corrected chi connectivity index (χ0v) is 16.7. The minimum atomic E-state index is 0. The summed E-state index contributed by atoms with van der Waals surface area (Å²) in [5, 5.41) is 8.55. The standard InChI is InChI=1S/C16H27N3O5S.ClH/c1-19-4-2-3-14(13-19)15-16(18-25-17-15)24-12-11-23-10-9-22-8-7-21-6-5-20;/h3,20H,2,4-13H2,1H3;1H. The Morgan fingerprint density at radius 2 is 1.69 bits per heavy atom. The Labute approximate surface area is 164 Å². The molecule has 1 aliphatic heterocycles. The Kier molecular flexibility index (Phi) is 12.8. The lowest BCUT2D eigenvalue weighted by atomic mass is 10.1. The molecular weight excluding hydrogens is 382 g/mol. The molecule has 1 aromatic heterocycles. The lowest BCUT2D eigenvalue weighted by molar-refractivity contribution is -0.872. The second kappa shape index (κ2) is 14.3. The Hall–Kier alpha value is -0.810. The number of halogens is 1. The topological polar surface area (TPSA) is 87.4 Å². The van der Waals surface area contributed by atoms with Gasteiger partial charge < -0.3 is 41.4 Å². The SMILES string of the molecule is C[NH+]1CCC=C(c2nsnc2OCCOCCOCCOCCO)C1.[Cl-]. The van der Waals surface area contributed by atoms with Gasteiger partial charge in [0.15, 0.2) is 0 Å². The van der Waals surface area contributed by atoms with Crippen molar-refractivity contribution in [2.24, 2.45) is 0 Å². The fourth-order valence-corrected chi connectivity index (χ4v) is 2.97. The van der Waals surface area contributed by atoms with E-state index in [-0.39, 0.29) is 19.0 Å². The Morgan fingerprint density at radius 1 is 1.04 bits per heavy atom. The molecule has 150 valence electrons. The molecule has 2 rings (SSSR count). The average molecular weight is 410 g/mol.